The highest BCUT2D eigenvalue weighted by Crippen LogP contribution is 2.31. The molecule has 1 aromatic heterocycles. The fourth-order valence-corrected chi connectivity index (χ4v) is 2.71. The van der Waals surface area contributed by atoms with Gasteiger partial charge in [0.15, 0.2) is 0 Å². The van der Waals surface area contributed by atoms with Gasteiger partial charge in [0.05, 0.1) is 36.9 Å². The van der Waals surface area contributed by atoms with Gasteiger partial charge in [-0.2, -0.15) is 5.26 Å². The SMILES string of the molecule is COc1cccc2c1ccn2-c1ccccc1C(O)CC#N. The van der Waals surface area contributed by atoms with Gasteiger partial charge in [0, 0.05) is 17.1 Å². The molecule has 0 aliphatic rings. The van der Waals surface area contributed by atoms with Crippen LogP contribution in [0.2, 0.25) is 0 Å². The predicted molar refractivity (Wildman–Crippen MR) is 85.0 cm³/mol. The molecule has 4 heteroatoms. The molecule has 22 heavy (non-hydrogen) atoms. The average molecular weight is 292 g/mol. The van der Waals surface area contributed by atoms with E-state index in [-0.39, 0.29) is 6.42 Å². The summed E-state index contributed by atoms with van der Waals surface area (Å²) in [6.45, 7) is 0. The molecule has 4 nitrogen and oxygen atoms in total. The van der Waals surface area contributed by atoms with Crippen molar-refractivity contribution in [2.75, 3.05) is 7.11 Å². The molecular formula is C18H16N2O2. The molecule has 0 amide bonds. The van der Waals surface area contributed by atoms with Crippen LogP contribution < -0.4 is 4.74 Å². The van der Waals surface area contributed by atoms with E-state index < -0.39 is 6.10 Å². The molecule has 1 N–H and O–H groups in total. The molecule has 0 saturated carbocycles. The van der Waals surface area contributed by atoms with Crippen molar-refractivity contribution < 1.29 is 9.84 Å². The van der Waals surface area contributed by atoms with Gasteiger partial charge in [-0.05, 0) is 24.3 Å². The summed E-state index contributed by atoms with van der Waals surface area (Å²) < 4.78 is 7.39. The Kier molecular flexibility index (Phi) is 3.82. The van der Waals surface area contributed by atoms with Crippen molar-refractivity contribution in [3.05, 3.63) is 60.3 Å². The number of nitriles is 1. The lowest BCUT2D eigenvalue weighted by atomic mass is 10.0. The third-order valence-corrected chi connectivity index (χ3v) is 3.75. The second kappa shape index (κ2) is 5.92. The van der Waals surface area contributed by atoms with Crippen LogP contribution in [-0.2, 0) is 0 Å². The Labute approximate surface area is 128 Å². The first-order chi connectivity index (χ1) is 10.8. The minimum atomic E-state index is -0.802. The molecule has 1 atom stereocenters. The van der Waals surface area contributed by atoms with Gasteiger partial charge in [0.1, 0.15) is 5.75 Å². The number of ether oxygens (including phenoxy) is 1. The Hall–Kier alpha value is -2.77. The molecule has 0 spiro atoms. The second-order valence-corrected chi connectivity index (χ2v) is 5.02. The molecule has 0 aliphatic heterocycles. The van der Waals surface area contributed by atoms with Crippen LogP contribution >= 0.6 is 0 Å². The van der Waals surface area contributed by atoms with E-state index >= 15 is 0 Å². The first-order valence-corrected chi connectivity index (χ1v) is 7.04. The minimum Gasteiger partial charge on any atom is -0.496 e. The van der Waals surface area contributed by atoms with E-state index in [1.165, 1.54) is 0 Å². The molecule has 3 aromatic rings. The third-order valence-electron chi connectivity index (χ3n) is 3.75. The largest absolute Gasteiger partial charge is 0.496 e. The Morgan fingerprint density at radius 2 is 2.00 bits per heavy atom. The molecular weight excluding hydrogens is 276 g/mol. The van der Waals surface area contributed by atoms with E-state index in [2.05, 4.69) is 0 Å². The van der Waals surface area contributed by atoms with Crippen molar-refractivity contribution in [3.8, 4) is 17.5 Å². The Bertz CT molecular complexity index is 846. The van der Waals surface area contributed by atoms with Crippen molar-refractivity contribution >= 4 is 10.9 Å². The van der Waals surface area contributed by atoms with E-state index in [1.54, 1.807) is 7.11 Å². The highest BCUT2D eigenvalue weighted by molar-refractivity contribution is 5.88. The summed E-state index contributed by atoms with van der Waals surface area (Å²) >= 11 is 0. The molecule has 0 fully saturated rings. The van der Waals surface area contributed by atoms with Crippen LogP contribution in [0.5, 0.6) is 5.75 Å². The van der Waals surface area contributed by atoms with Gasteiger partial charge in [-0.1, -0.05) is 24.3 Å². The number of aromatic nitrogens is 1. The van der Waals surface area contributed by atoms with Crippen molar-refractivity contribution in [3.63, 3.8) is 0 Å². The Morgan fingerprint density at radius 3 is 2.77 bits per heavy atom. The smallest absolute Gasteiger partial charge is 0.128 e. The molecule has 0 bridgehead atoms. The summed E-state index contributed by atoms with van der Waals surface area (Å²) in [6, 6.07) is 17.4. The van der Waals surface area contributed by atoms with Crippen LogP contribution in [0.3, 0.4) is 0 Å². The summed E-state index contributed by atoms with van der Waals surface area (Å²) in [6.07, 6.45) is 1.22. The van der Waals surface area contributed by atoms with Gasteiger partial charge in [0.2, 0.25) is 0 Å². The number of nitrogens with zero attached hydrogens (tertiary/aromatic N) is 2. The van der Waals surface area contributed by atoms with Gasteiger partial charge in [-0.25, -0.2) is 0 Å². The molecule has 3 rings (SSSR count). The maximum Gasteiger partial charge on any atom is 0.128 e. The molecule has 0 radical (unpaired) electrons. The third kappa shape index (κ3) is 2.32. The number of aliphatic hydroxyl groups excluding tert-OH is 1. The lowest BCUT2D eigenvalue weighted by molar-refractivity contribution is 0.183. The number of fused-ring (bicyclic) bond motifs is 1. The Balaban J connectivity index is 2.19. The van der Waals surface area contributed by atoms with Crippen LogP contribution in [0.25, 0.3) is 16.6 Å². The number of para-hydroxylation sites is 1. The van der Waals surface area contributed by atoms with Gasteiger partial charge < -0.3 is 14.4 Å². The van der Waals surface area contributed by atoms with Gasteiger partial charge in [-0.15, -0.1) is 0 Å². The average Bonchev–Trinajstić information content (AvgIpc) is 2.99. The van der Waals surface area contributed by atoms with Crippen LogP contribution in [-0.4, -0.2) is 16.8 Å². The maximum atomic E-state index is 10.2. The maximum absolute atomic E-state index is 10.2. The fraction of sp³-hybridized carbons (Fsp3) is 0.167. The van der Waals surface area contributed by atoms with Crippen LogP contribution in [0.15, 0.2) is 54.7 Å². The lowest BCUT2D eigenvalue weighted by Gasteiger charge is -2.15. The van der Waals surface area contributed by atoms with Crippen LogP contribution in [0, 0.1) is 11.3 Å². The highest BCUT2D eigenvalue weighted by Gasteiger charge is 2.15. The summed E-state index contributed by atoms with van der Waals surface area (Å²) in [7, 11) is 1.65. The molecule has 2 aromatic carbocycles. The zero-order chi connectivity index (χ0) is 15.5. The standard InChI is InChI=1S/C18H16N2O2/c1-22-18-8-4-7-16-14(18)10-12-20(16)15-6-3-2-5-13(15)17(21)9-11-19/h2-8,10,12,17,21H,9H2,1H3. The van der Waals surface area contributed by atoms with E-state index in [1.807, 2.05) is 65.4 Å². The van der Waals surface area contributed by atoms with Crippen LogP contribution in [0.1, 0.15) is 18.1 Å². The molecule has 0 aliphatic carbocycles. The lowest BCUT2D eigenvalue weighted by Crippen LogP contribution is -2.03. The van der Waals surface area contributed by atoms with Gasteiger partial charge in [-0.3, -0.25) is 0 Å². The highest BCUT2D eigenvalue weighted by atomic mass is 16.5. The number of methoxy groups -OCH3 is 1. The summed E-state index contributed by atoms with van der Waals surface area (Å²) in [5.74, 6) is 0.811. The van der Waals surface area contributed by atoms with E-state index in [0.29, 0.717) is 0 Å². The molecule has 110 valence electrons. The van der Waals surface area contributed by atoms with E-state index in [0.717, 1.165) is 27.9 Å². The van der Waals surface area contributed by atoms with Crippen molar-refractivity contribution in [1.82, 2.24) is 4.57 Å². The van der Waals surface area contributed by atoms with Crippen molar-refractivity contribution in [2.45, 2.75) is 12.5 Å². The topological polar surface area (TPSA) is 58.2 Å². The molecule has 0 saturated heterocycles. The quantitative estimate of drug-likeness (QED) is 0.799. The van der Waals surface area contributed by atoms with Gasteiger partial charge in [0.25, 0.3) is 0 Å². The fourth-order valence-electron chi connectivity index (χ4n) is 2.71. The predicted octanol–water partition coefficient (Wildman–Crippen LogP) is 3.59. The van der Waals surface area contributed by atoms with Crippen molar-refractivity contribution in [1.29, 1.82) is 5.26 Å². The van der Waals surface area contributed by atoms with E-state index in [9.17, 15) is 5.11 Å². The minimum absolute atomic E-state index is 0.0690. The number of rotatable bonds is 4. The zero-order valence-electron chi connectivity index (χ0n) is 12.2. The zero-order valence-corrected chi connectivity index (χ0v) is 12.2. The van der Waals surface area contributed by atoms with E-state index in [4.69, 9.17) is 10.00 Å². The van der Waals surface area contributed by atoms with Gasteiger partial charge >= 0.3 is 0 Å². The molecule has 1 heterocycles. The van der Waals surface area contributed by atoms with Crippen molar-refractivity contribution in [2.24, 2.45) is 0 Å². The first kappa shape index (κ1) is 14.2. The number of aliphatic hydroxyl groups is 1. The summed E-state index contributed by atoms with van der Waals surface area (Å²) in [5.41, 5.74) is 2.61. The number of hydrogen-bond donors (Lipinski definition) is 1. The summed E-state index contributed by atoms with van der Waals surface area (Å²) in [4.78, 5) is 0. The normalized spacial score (nSPS) is 12.0. The monoisotopic (exact) mass is 292 g/mol. The second-order valence-electron chi connectivity index (χ2n) is 5.02. The van der Waals surface area contributed by atoms with Crippen LogP contribution in [0.4, 0.5) is 0 Å². The Morgan fingerprint density at radius 1 is 1.18 bits per heavy atom. The number of hydrogen-bond acceptors (Lipinski definition) is 3. The first-order valence-electron chi connectivity index (χ1n) is 7.04. The number of benzene rings is 2. The molecule has 1 unspecified atom stereocenters. The summed E-state index contributed by atoms with van der Waals surface area (Å²) in [5, 5.41) is 20.0.